The summed E-state index contributed by atoms with van der Waals surface area (Å²) in [6.07, 6.45) is 3.36. The molecule has 0 aliphatic rings. The maximum Gasteiger partial charge on any atom is 0.140 e. The zero-order chi connectivity index (χ0) is 9.84. The lowest BCUT2D eigenvalue weighted by Crippen LogP contribution is -1.98. The number of pyridine rings is 1. The molecule has 1 aromatic rings. The Bertz CT molecular complexity index is 302. The minimum atomic E-state index is -0.0594. The Kier molecular flexibility index (Phi) is 5.50. The molecule has 0 aliphatic heterocycles. The van der Waals surface area contributed by atoms with E-state index in [1.807, 2.05) is 6.92 Å². The van der Waals surface area contributed by atoms with E-state index in [0.717, 1.165) is 24.0 Å². The zero-order valence-corrected chi connectivity index (χ0v) is 9.27. The van der Waals surface area contributed by atoms with Crippen LogP contribution in [0.15, 0.2) is 6.20 Å². The first-order valence-corrected chi connectivity index (χ1v) is 4.47. The van der Waals surface area contributed by atoms with E-state index in [4.69, 9.17) is 5.11 Å². The molecule has 0 atom stereocenters. The third-order valence-corrected chi connectivity index (χ3v) is 2.10. The molecule has 0 saturated heterocycles. The quantitative estimate of drug-likeness (QED) is 0.814. The maximum atomic E-state index is 9.67. The number of aromatic hydroxyl groups is 1. The second-order valence-corrected chi connectivity index (χ2v) is 3.10. The molecule has 1 heterocycles. The van der Waals surface area contributed by atoms with Gasteiger partial charge in [0.1, 0.15) is 5.75 Å². The van der Waals surface area contributed by atoms with Crippen LogP contribution in [0.1, 0.15) is 30.2 Å². The highest BCUT2D eigenvalue weighted by atomic mass is 35.5. The predicted octanol–water partition coefficient (Wildman–Crippen LogP) is 1.96. The topological polar surface area (TPSA) is 53.4 Å². The van der Waals surface area contributed by atoms with Gasteiger partial charge >= 0.3 is 0 Å². The van der Waals surface area contributed by atoms with Crippen molar-refractivity contribution >= 4 is 12.4 Å². The highest BCUT2D eigenvalue weighted by Gasteiger charge is 2.09. The van der Waals surface area contributed by atoms with Crippen LogP contribution in [0.4, 0.5) is 0 Å². The molecule has 0 spiro atoms. The van der Waals surface area contributed by atoms with Gasteiger partial charge in [-0.25, -0.2) is 0 Å². The molecule has 2 N–H and O–H groups in total. The van der Waals surface area contributed by atoms with Gasteiger partial charge < -0.3 is 10.2 Å². The lowest BCUT2D eigenvalue weighted by atomic mass is 10.0. The van der Waals surface area contributed by atoms with Crippen molar-refractivity contribution in [3.05, 3.63) is 23.0 Å². The van der Waals surface area contributed by atoms with Gasteiger partial charge in [0.2, 0.25) is 0 Å². The first kappa shape index (κ1) is 13.2. The smallest absolute Gasteiger partial charge is 0.140 e. The molecule has 0 amide bonds. The summed E-state index contributed by atoms with van der Waals surface area (Å²) < 4.78 is 0. The van der Waals surface area contributed by atoms with Gasteiger partial charge in [-0.2, -0.15) is 0 Å². The molecule has 0 bridgehead atoms. The van der Waals surface area contributed by atoms with Crippen molar-refractivity contribution in [3.8, 4) is 5.75 Å². The second-order valence-electron chi connectivity index (χ2n) is 3.10. The lowest BCUT2D eigenvalue weighted by Gasteiger charge is -2.09. The van der Waals surface area contributed by atoms with Crippen molar-refractivity contribution in [3.63, 3.8) is 0 Å². The number of aromatic nitrogens is 1. The lowest BCUT2D eigenvalue weighted by molar-refractivity contribution is 0.279. The van der Waals surface area contributed by atoms with Gasteiger partial charge in [-0.1, -0.05) is 13.3 Å². The van der Waals surface area contributed by atoms with Crippen LogP contribution in [0.2, 0.25) is 0 Å². The molecule has 0 saturated carbocycles. The third-order valence-electron chi connectivity index (χ3n) is 2.10. The van der Waals surface area contributed by atoms with Gasteiger partial charge in [-0.05, 0) is 13.3 Å². The molecule has 14 heavy (non-hydrogen) atoms. The summed E-state index contributed by atoms with van der Waals surface area (Å²) in [7, 11) is 0. The number of halogens is 1. The van der Waals surface area contributed by atoms with Crippen molar-refractivity contribution in [2.24, 2.45) is 0 Å². The molecule has 1 aromatic heterocycles. The molecule has 0 unspecified atom stereocenters. The van der Waals surface area contributed by atoms with E-state index in [9.17, 15) is 5.11 Å². The molecule has 80 valence electrons. The first-order valence-electron chi connectivity index (χ1n) is 4.47. The molecule has 4 heteroatoms. The van der Waals surface area contributed by atoms with Crippen molar-refractivity contribution in [1.29, 1.82) is 0 Å². The SMILES string of the molecule is CCCc1c(CO)cnc(C)c1O.Cl. The number of nitrogens with zero attached hydrogens (tertiary/aromatic N) is 1. The van der Waals surface area contributed by atoms with Crippen LogP contribution in [0.25, 0.3) is 0 Å². The predicted molar refractivity (Wildman–Crippen MR) is 57.8 cm³/mol. The van der Waals surface area contributed by atoms with Gasteiger partial charge in [0.05, 0.1) is 12.3 Å². The van der Waals surface area contributed by atoms with E-state index in [0.29, 0.717) is 5.69 Å². The molecule has 3 nitrogen and oxygen atoms in total. The number of hydrogen-bond donors (Lipinski definition) is 2. The zero-order valence-electron chi connectivity index (χ0n) is 8.45. The monoisotopic (exact) mass is 217 g/mol. The summed E-state index contributed by atoms with van der Waals surface area (Å²) in [6.45, 7) is 3.74. The van der Waals surface area contributed by atoms with E-state index in [1.165, 1.54) is 0 Å². The maximum absolute atomic E-state index is 9.67. The van der Waals surface area contributed by atoms with Gasteiger partial charge in [0.25, 0.3) is 0 Å². The van der Waals surface area contributed by atoms with Crippen LogP contribution in [-0.2, 0) is 13.0 Å². The van der Waals surface area contributed by atoms with Crippen LogP contribution < -0.4 is 0 Å². The van der Waals surface area contributed by atoms with Crippen LogP contribution in [0.5, 0.6) is 5.75 Å². The minimum absolute atomic E-state index is 0. The fraction of sp³-hybridized carbons (Fsp3) is 0.500. The van der Waals surface area contributed by atoms with Crippen molar-refractivity contribution in [2.75, 3.05) is 0 Å². The molecule has 0 fully saturated rings. The van der Waals surface area contributed by atoms with Crippen molar-refractivity contribution in [2.45, 2.75) is 33.3 Å². The molecular weight excluding hydrogens is 202 g/mol. The number of rotatable bonds is 3. The molecule has 0 aliphatic carbocycles. The largest absolute Gasteiger partial charge is 0.506 e. The fourth-order valence-electron chi connectivity index (χ4n) is 1.35. The number of aliphatic hydroxyl groups is 1. The summed E-state index contributed by atoms with van der Waals surface area (Å²) in [6, 6.07) is 0. The van der Waals surface area contributed by atoms with Crippen LogP contribution in [0.3, 0.4) is 0 Å². The first-order chi connectivity index (χ1) is 6.20. The van der Waals surface area contributed by atoms with E-state index in [1.54, 1.807) is 13.1 Å². The summed E-state index contributed by atoms with van der Waals surface area (Å²) in [5, 5.41) is 18.7. The van der Waals surface area contributed by atoms with E-state index in [2.05, 4.69) is 4.98 Å². The normalized spacial score (nSPS) is 9.64. The standard InChI is InChI=1S/C10H15NO2.ClH/c1-3-4-9-8(6-12)5-11-7(2)10(9)13;/h5,12-13H,3-4,6H2,1-2H3;1H. The fourth-order valence-corrected chi connectivity index (χ4v) is 1.35. The Morgan fingerprint density at radius 2 is 2.07 bits per heavy atom. The molecule has 1 rings (SSSR count). The van der Waals surface area contributed by atoms with E-state index < -0.39 is 0 Å². The summed E-state index contributed by atoms with van der Waals surface area (Å²) in [5.74, 6) is 0.230. The number of hydrogen-bond acceptors (Lipinski definition) is 3. The molecular formula is C10H16ClNO2. The summed E-state index contributed by atoms with van der Waals surface area (Å²) in [5.41, 5.74) is 2.18. The molecule has 0 aromatic carbocycles. The Labute approximate surface area is 90.2 Å². The number of aliphatic hydroxyl groups excluding tert-OH is 1. The van der Waals surface area contributed by atoms with E-state index >= 15 is 0 Å². The summed E-state index contributed by atoms with van der Waals surface area (Å²) in [4.78, 5) is 3.98. The molecule has 0 radical (unpaired) electrons. The Balaban J connectivity index is 0.00000169. The summed E-state index contributed by atoms with van der Waals surface area (Å²) >= 11 is 0. The Hall–Kier alpha value is -0.800. The minimum Gasteiger partial charge on any atom is -0.506 e. The van der Waals surface area contributed by atoms with Crippen molar-refractivity contribution in [1.82, 2.24) is 4.98 Å². The van der Waals surface area contributed by atoms with Gasteiger partial charge in [-0.15, -0.1) is 12.4 Å². The second kappa shape index (κ2) is 5.83. The van der Waals surface area contributed by atoms with Gasteiger partial charge in [-0.3, -0.25) is 4.98 Å². The Morgan fingerprint density at radius 1 is 1.43 bits per heavy atom. The van der Waals surface area contributed by atoms with E-state index in [-0.39, 0.29) is 24.8 Å². The average Bonchev–Trinajstić information content (AvgIpc) is 2.14. The van der Waals surface area contributed by atoms with Gasteiger partial charge in [0, 0.05) is 17.3 Å². The highest BCUT2D eigenvalue weighted by molar-refractivity contribution is 5.85. The Morgan fingerprint density at radius 3 is 2.57 bits per heavy atom. The highest BCUT2D eigenvalue weighted by Crippen LogP contribution is 2.24. The van der Waals surface area contributed by atoms with Crippen LogP contribution in [0, 0.1) is 6.92 Å². The van der Waals surface area contributed by atoms with Gasteiger partial charge in [0.15, 0.2) is 0 Å². The number of aryl methyl sites for hydroxylation is 1. The van der Waals surface area contributed by atoms with Crippen LogP contribution in [-0.4, -0.2) is 15.2 Å². The van der Waals surface area contributed by atoms with Crippen LogP contribution >= 0.6 is 12.4 Å². The van der Waals surface area contributed by atoms with Crippen molar-refractivity contribution < 1.29 is 10.2 Å². The average molecular weight is 218 g/mol. The third kappa shape index (κ3) is 2.59.